The second-order valence-electron chi connectivity index (χ2n) is 5.00. The van der Waals surface area contributed by atoms with E-state index in [4.69, 9.17) is 4.18 Å². The Hall–Kier alpha value is -0.350. The molecule has 0 radical (unpaired) electrons. The molecule has 8 heteroatoms. The van der Waals surface area contributed by atoms with Crippen LogP contribution >= 0.6 is 22.6 Å². The minimum atomic E-state index is -4.16. The van der Waals surface area contributed by atoms with E-state index in [-0.39, 0.29) is 11.5 Å². The molecule has 0 amide bonds. The fourth-order valence-corrected chi connectivity index (χ4v) is 3.65. The monoisotopic (exact) mass is 450 g/mol. The third-order valence-corrected chi connectivity index (χ3v) is 5.30. The largest absolute Gasteiger partial charge is 0.390 e. The van der Waals surface area contributed by atoms with Gasteiger partial charge >= 0.3 is 6.18 Å². The van der Waals surface area contributed by atoms with Gasteiger partial charge in [0.15, 0.2) is 0 Å². The zero-order valence-corrected chi connectivity index (χ0v) is 15.0. The van der Waals surface area contributed by atoms with Crippen molar-refractivity contribution >= 4 is 32.7 Å². The van der Waals surface area contributed by atoms with Crippen molar-refractivity contribution < 1.29 is 25.8 Å². The summed E-state index contributed by atoms with van der Waals surface area (Å²) in [4.78, 5) is 0.0851. The highest BCUT2D eigenvalue weighted by molar-refractivity contribution is 14.1. The van der Waals surface area contributed by atoms with Crippen molar-refractivity contribution in [1.82, 2.24) is 0 Å². The highest BCUT2D eigenvalue weighted by Crippen LogP contribution is 2.28. The molecule has 0 fully saturated rings. The maximum atomic E-state index is 12.1. The van der Waals surface area contributed by atoms with Crippen LogP contribution in [0, 0.1) is 6.92 Å². The summed E-state index contributed by atoms with van der Waals surface area (Å²) in [7, 11) is -3.79. The van der Waals surface area contributed by atoms with Crippen LogP contribution in [0.2, 0.25) is 0 Å². The summed E-state index contributed by atoms with van der Waals surface area (Å²) in [6.45, 7) is 1.82. The van der Waals surface area contributed by atoms with E-state index < -0.39 is 26.6 Å². The van der Waals surface area contributed by atoms with Crippen molar-refractivity contribution in [3.63, 3.8) is 0 Å². The molecule has 0 N–H and O–H groups in total. The smallest absolute Gasteiger partial charge is 0.266 e. The summed E-state index contributed by atoms with van der Waals surface area (Å²) in [5, 5.41) is 0. The van der Waals surface area contributed by atoms with Gasteiger partial charge in [-0.05, 0) is 31.9 Å². The lowest BCUT2D eigenvalue weighted by Gasteiger charge is -2.12. The van der Waals surface area contributed by atoms with Crippen LogP contribution in [0.15, 0.2) is 29.2 Å². The van der Waals surface area contributed by atoms with Crippen molar-refractivity contribution in [3.05, 3.63) is 29.8 Å². The van der Waals surface area contributed by atoms with Gasteiger partial charge in [0, 0.05) is 3.92 Å². The Morgan fingerprint density at radius 3 is 2.32 bits per heavy atom. The van der Waals surface area contributed by atoms with Crippen molar-refractivity contribution in [2.45, 2.75) is 47.6 Å². The first kappa shape index (κ1) is 19.7. The van der Waals surface area contributed by atoms with Gasteiger partial charge in [0.2, 0.25) is 0 Å². The minimum Gasteiger partial charge on any atom is -0.266 e. The molecule has 0 aromatic heterocycles. The van der Waals surface area contributed by atoms with Crippen molar-refractivity contribution in [2.24, 2.45) is 0 Å². The summed E-state index contributed by atoms with van der Waals surface area (Å²) >= 11 is 1.77. The van der Waals surface area contributed by atoms with E-state index >= 15 is 0 Å². The topological polar surface area (TPSA) is 43.4 Å². The summed E-state index contributed by atoms with van der Waals surface area (Å²) in [6, 6.07) is 6.28. The van der Waals surface area contributed by atoms with E-state index in [2.05, 4.69) is 0 Å². The molecule has 0 saturated heterocycles. The van der Waals surface area contributed by atoms with Crippen molar-refractivity contribution in [2.75, 3.05) is 6.61 Å². The zero-order chi connectivity index (χ0) is 16.8. The van der Waals surface area contributed by atoms with Crippen LogP contribution in [-0.4, -0.2) is 25.1 Å². The van der Waals surface area contributed by atoms with Gasteiger partial charge in [-0.3, -0.25) is 4.18 Å². The Morgan fingerprint density at radius 2 is 1.77 bits per heavy atom. The van der Waals surface area contributed by atoms with Gasteiger partial charge in [-0.2, -0.15) is 21.6 Å². The predicted molar refractivity (Wildman–Crippen MR) is 86.6 cm³/mol. The van der Waals surface area contributed by atoms with Crippen LogP contribution < -0.4 is 0 Å². The SMILES string of the molecule is Cc1ccc(S(=O)(=O)OCCCCC(I)CC(F)(F)F)cc1. The Balaban J connectivity index is 2.31. The van der Waals surface area contributed by atoms with E-state index in [0.29, 0.717) is 19.3 Å². The van der Waals surface area contributed by atoms with Gasteiger partial charge in [-0.25, -0.2) is 0 Å². The van der Waals surface area contributed by atoms with Crippen LogP contribution in [0.25, 0.3) is 0 Å². The van der Waals surface area contributed by atoms with Gasteiger partial charge in [0.25, 0.3) is 10.1 Å². The van der Waals surface area contributed by atoms with Gasteiger partial charge in [0.05, 0.1) is 17.9 Å². The lowest BCUT2D eigenvalue weighted by Crippen LogP contribution is -2.15. The van der Waals surface area contributed by atoms with Gasteiger partial charge in [0.1, 0.15) is 0 Å². The molecule has 0 heterocycles. The molecule has 126 valence electrons. The molecular weight excluding hydrogens is 432 g/mol. The molecule has 22 heavy (non-hydrogen) atoms. The quantitative estimate of drug-likeness (QED) is 0.251. The predicted octanol–water partition coefficient (Wildman–Crippen LogP) is 4.63. The minimum absolute atomic E-state index is 0.0222. The summed E-state index contributed by atoms with van der Waals surface area (Å²) in [5.74, 6) is 0. The number of hydrogen-bond acceptors (Lipinski definition) is 3. The molecule has 1 unspecified atom stereocenters. The summed E-state index contributed by atoms with van der Waals surface area (Å²) < 4.78 is 64.5. The molecule has 0 spiro atoms. The van der Waals surface area contributed by atoms with E-state index in [1.54, 1.807) is 34.7 Å². The highest BCUT2D eigenvalue weighted by Gasteiger charge is 2.30. The zero-order valence-electron chi connectivity index (χ0n) is 12.1. The fraction of sp³-hybridized carbons (Fsp3) is 0.571. The van der Waals surface area contributed by atoms with Crippen LogP contribution in [0.3, 0.4) is 0 Å². The number of hydrogen-bond donors (Lipinski definition) is 0. The van der Waals surface area contributed by atoms with E-state index in [1.165, 1.54) is 12.1 Å². The molecule has 0 aliphatic heterocycles. The number of rotatable bonds is 8. The number of alkyl halides is 4. The van der Waals surface area contributed by atoms with Crippen molar-refractivity contribution in [1.29, 1.82) is 0 Å². The third kappa shape index (κ3) is 7.77. The Morgan fingerprint density at radius 1 is 1.18 bits per heavy atom. The van der Waals surface area contributed by atoms with Gasteiger partial charge < -0.3 is 0 Å². The molecule has 1 aromatic carbocycles. The Bertz CT molecular complexity index is 556. The number of benzene rings is 1. The van der Waals surface area contributed by atoms with Crippen LogP contribution in [0.5, 0.6) is 0 Å². The Kier molecular flexibility index (Phi) is 7.60. The maximum absolute atomic E-state index is 12.1. The highest BCUT2D eigenvalue weighted by atomic mass is 127. The standard InChI is InChI=1S/C14H18F3IO3S/c1-11-5-7-13(8-6-11)22(19,20)21-9-3-2-4-12(18)10-14(15,16)17/h5-8,12H,2-4,9-10H2,1H3. The molecule has 3 nitrogen and oxygen atoms in total. The molecule has 0 saturated carbocycles. The van der Waals surface area contributed by atoms with E-state index in [0.717, 1.165) is 5.56 Å². The first-order chi connectivity index (χ1) is 10.1. The summed E-state index contributed by atoms with van der Waals surface area (Å²) in [6.07, 6.45) is -3.70. The molecule has 1 rings (SSSR count). The van der Waals surface area contributed by atoms with E-state index in [1.807, 2.05) is 6.92 Å². The summed E-state index contributed by atoms with van der Waals surface area (Å²) in [5.41, 5.74) is 0.941. The molecule has 1 aromatic rings. The van der Waals surface area contributed by atoms with Crippen LogP contribution in [-0.2, 0) is 14.3 Å². The van der Waals surface area contributed by atoms with Crippen molar-refractivity contribution in [3.8, 4) is 0 Å². The molecule has 0 aliphatic carbocycles. The number of unbranched alkanes of at least 4 members (excludes halogenated alkanes) is 1. The van der Waals surface area contributed by atoms with Crippen LogP contribution in [0.4, 0.5) is 13.2 Å². The molecule has 1 atom stereocenters. The molecule has 0 bridgehead atoms. The van der Waals surface area contributed by atoms with Crippen LogP contribution in [0.1, 0.15) is 31.2 Å². The molecule has 0 aliphatic rings. The van der Waals surface area contributed by atoms with Gasteiger partial charge in [-0.15, -0.1) is 0 Å². The first-order valence-corrected chi connectivity index (χ1v) is 9.42. The third-order valence-electron chi connectivity index (χ3n) is 2.91. The first-order valence-electron chi connectivity index (χ1n) is 6.77. The Labute approximate surface area is 142 Å². The fourth-order valence-electron chi connectivity index (χ4n) is 1.76. The lowest BCUT2D eigenvalue weighted by atomic mass is 10.1. The maximum Gasteiger partial charge on any atom is 0.390 e. The molecular formula is C14H18F3IO3S. The number of aryl methyl sites for hydroxylation is 1. The second-order valence-corrected chi connectivity index (χ2v) is 8.38. The normalized spacial score (nSPS) is 14.0. The second kappa shape index (κ2) is 8.49. The van der Waals surface area contributed by atoms with E-state index in [9.17, 15) is 21.6 Å². The average molecular weight is 450 g/mol. The number of halogens is 4. The lowest BCUT2D eigenvalue weighted by molar-refractivity contribution is -0.133. The van der Waals surface area contributed by atoms with Gasteiger partial charge in [-0.1, -0.05) is 46.7 Å². The average Bonchev–Trinajstić information content (AvgIpc) is 2.36.